The molecule has 1 atom stereocenters. The molecule has 3 aromatic rings. The molecule has 0 saturated heterocycles. The van der Waals surface area contributed by atoms with E-state index in [1.165, 1.54) is 24.4 Å². The molecule has 0 aliphatic carbocycles. The Labute approximate surface area is 295 Å². The molecule has 258 valence electrons. The maximum Gasteiger partial charge on any atom is 0.341 e. The monoisotopic (exact) mass is 770 g/mol. The quantitative estimate of drug-likeness (QED) is 0.177. The van der Waals surface area contributed by atoms with Gasteiger partial charge in [-0.2, -0.15) is 14.4 Å². The molecule has 3 aromatic heterocycles. The number of amidine groups is 1. The van der Waals surface area contributed by atoms with Gasteiger partial charge >= 0.3 is 17.9 Å². The normalized spacial score (nSPS) is 14.9. The Morgan fingerprint density at radius 3 is 2.08 bits per heavy atom. The van der Waals surface area contributed by atoms with Crippen LogP contribution in [0.1, 0.15) is 36.8 Å². The van der Waals surface area contributed by atoms with Crippen molar-refractivity contribution in [3.8, 4) is 11.8 Å². The summed E-state index contributed by atoms with van der Waals surface area (Å²) < 4.78 is 22.3. The van der Waals surface area contributed by atoms with Crippen LogP contribution in [0.15, 0.2) is 29.4 Å². The van der Waals surface area contributed by atoms with Crippen LogP contribution in [0.3, 0.4) is 0 Å². The number of anilines is 1. The predicted molar refractivity (Wildman–Crippen MR) is 173 cm³/mol. The summed E-state index contributed by atoms with van der Waals surface area (Å²) in [5.41, 5.74) is 4.40. The number of rotatable bonds is 9. The van der Waals surface area contributed by atoms with E-state index in [0.717, 1.165) is 0 Å². The highest BCUT2D eigenvalue weighted by molar-refractivity contribution is 6.42. The Bertz CT molecular complexity index is 1770. The molecule has 0 spiro atoms. The summed E-state index contributed by atoms with van der Waals surface area (Å²) in [6.45, 7) is 4.27. The first-order valence-corrected chi connectivity index (χ1v) is 14.8. The van der Waals surface area contributed by atoms with E-state index >= 15 is 0 Å². The van der Waals surface area contributed by atoms with Crippen LogP contribution in [-0.4, -0.2) is 78.7 Å². The van der Waals surface area contributed by atoms with E-state index in [-0.39, 0.29) is 60.7 Å². The third kappa shape index (κ3) is 10.4. The standard InChI is InChI=1S/C13H15N3O3.C7H4Cl3NO3.C7H5Cl2FN2O3/c1-7(2)13(3)12(19)15-10(16-13)9-8(11(17)18)5-4-6-14-9;8-3-1-4(9)7(11-6(3)10)14-2-5(12)13;8-3-5(11)4(9)7(12-6(3)10)15-1-2(13)14/h4-7H,1-3H3,(H,17,18)(H,15,16,19);1H,2H2,(H,12,13);1H2,(H2,11,12)(H,13,14). The lowest BCUT2D eigenvalue weighted by Crippen LogP contribution is -2.41. The van der Waals surface area contributed by atoms with Gasteiger partial charge in [-0.05, 0) is 31.0 Å². The summed E-state index contributed by atoms with van der Waals surface area (Å²) in [6.07, 6.45) is 1.47. The van der Waals surface area contributed by atoms with Gasteiger partial charge in [0.2, 0.25) is 17.7 Å². The molecule has 0 bridgehead atoms. The van der Waals surface area contributed by atoms with Crippen molar-refractivity contribution < 1.29 is 48.4 Å². The zero-order valence-electron chi connectivity index (χ0n) is 24.7. The molecule has 6 N–H and O–H groups in total. The van der Waals surface area contributed by atoms with Crippen LogP contribution in [0, 0.1) is 11.9 Å². The largest absolute Gasteiger partial charge is 0.479 e. The summed E-state index contributed by atoms with van der Waals surface area (Å²) in [5.74, 6) is -5.02. The molecule has 1 aliphatic heterocycles. The number of amides is 1. The summed E-state index contributed by atoms with van der Waals surface area (Å²) >= 11 is 27.8. The van der Waals surface area contributed by atoms with E-state index < -0.39 is 53.5 Å². The number of aliphatic carboxylic acids is 2. The van der Waals surface area contributed by atoms with Crippen LogP contribution in [0.2, 0.25) is 25.2 Å². The smallest absolute Gasteiger partial charge is 0.341 e. The third-order valence-electron chi connectivity index (χ3n) is 5.98. The van der Waals surface area contributed by atoms with Crippen molar-refractivity contribution in [2.45, 2.75) is 26.3 Å². The number of halogens is 6. The average Bonchev–Trinajstić information content (AvgIpc) is 3.33. The van der Waals surface area contributed by atoms with Gasteiger partial charge in [0.1, 0.15) is 26.3 Å². The first-order valence-electron chi connectivity index (χ1n) is 12.9. The fourth-order valence-electron chi connectivity index (χ4n) is 3.21. The molecule has 1 amide bonds. The SMILES string of the molecule is CC(C)C1(C)N=C(c2ncccc2C(=O)O)NC1=O.Nc1c(Cl)c(F)nc(OCC(=O)O)c1Cl.O=C(O)COc1nc(Cl)c(Cl)cc1Cl. The summed E-state index contributed by atoms with van der Waals surface area (Å²) in [7, 11) is 0. The maximum atomic E-state index is 12.9. The molecular formula is C27H24Cl5FN6O9. The van der Waals surface area contributed by atoms with Gasteiger partial charge in [-0.25, -0.2) is 19.4 Å². The fraction of sp³-hybridized carbons (Fsp3) is 0.259. The Morgan fingerprint density at radius 1 is 0.979 bits per heavy atom. The second kappa shape index (κ2) is 17.3. The lowest BCUT2D eigenvalue weighted by molar-refractivity contribution is -0.140. The first kappa shape index (κ1) is 40.0. The van der Waals surface area contributed by atoms with Crippen LogP contribution in [0.5, 0.6) is 11.8 Å². The Balaban J connectivity index is 0.000000254. The zero-order valence-corrected chi connectivity index (χ0v) is 28.5. The number of hydrogen-bond acceptors (Lipinski definition) is 11. The topological polar surface area (TPSA) is 237 Å². The van der Waals surface area contributed by atoms with Crippen LogP contribution in [0.25, 0.3) is 0 Å². The van der Waals surface area contributed by atoms with Crippen molar-refractivity contribution in [3.05, 3.63) is 66.8 Å². The first-order chi connectivity index (χ1) is 22.3. The van der Waals surface area contributed by atoms with Gasteiger partial charge in [-0.3, -0.25) is 9.78 Å². The number of carbonyl (C=O) groups excluding carboxylic acids is 1. The molecule has 0 aromatic carbocycles. The van der Waals surface area contributed by atoms with Crippen LogP contribution in [-0.2, 0) is 14.4 Å². The minimum absolute atomic E-state index is 0.00184. The summed E-state index contributed by atoms with van der Waals surface area (Å²) in [4.78, 5) is 58.7. The van der Waals surface area contributed by atoms with Gasteiger partial charge in [0.25, 0.3) is 5.91 Å². The highest BCUT2D eigenvalue weighted by Crippen LogP contribution is 2.35. The van der Waals surface area contributed by atoms with Crippen LogP contribution >= 0.6 is 58.0 Å². The number of nitrogens with zero attached hydrogens (tertiary/aromatic N) is 4. The van der Waals surface area contributed by atoms with E-state index in [0.29, 0.717) is 0 Å². The van der Waals surface area contributed by atoms with E-state index in [1.807, 2.05) is 13.8 Å². The van der Waals surface area contributed by atoms with Crippen molar-refractivity contribution in [2.24, 2.45) is 10.9 Å². The van der Waals surface area contributed by atoms with Gasteiger partial charge in [0.15, 0.2) is 24.2 Å². The average molecular weight is 773 g/mol. The number of carboxylic acid groups (broad SMARTS) is 3. The number of aromatic carboxylic acids is 1. The molecule has 21 heteroatoms. The highest BCUT2D eigenvalue weighted by Gasteiger charge is 2.43. The van der Waals surface area contributed by atoms with Crippen LogP contribution < -0.4 is 20.5 Å². The Kier molecular flexibility index (Phi) is 14.4. The molecule has 0 radical (unpaired) electrons. The second-order valence-corrected chi connectivity index (χ2v) is 11.5. The third-order valence-corrected chi connectivity index (χ3v) is 7.65. The van der Waals surface area contributed by atoms with Crippen molar-refractivity contribution >= 4 is 93.3 Å². The number of nitrogens with one attached hydrogen (secondary N) is 1. The second-order valence-electron chi connectivity index (χ2n) is 9.58. The highest BCUT2D eigenvalue weighted by atomic mass is 35.5. The van der Waals surface area contributed by atoms with Gasteiger partial charge in [-0.15, -0.1) is 0 Å². The van der Waals surface area contributed by atoms with Crippen molar-refractivity contribution in [1.29, 1.82) is 0 Å². The van der Waals surface area contributed by atoms with Crippen molar-refractivity contribution in [3.63, 3.8) is 0 Å². The van der Waals surface area contributed by atoms with Crippen molar-refractivity contribution in [1.82, 2.24) is 20.3 Å². The summed E-state index contributed by atoms with van der Waals surface area (Å²) in [6, 6.07) is 4.30. The molecule has 4 rings (SSSR count). The number of ether oxygens (including phenoxy) is 2. The molecule has 15 nitrogen and oxygen atoms in total. The minimum atomic E-state index is -1.25. The summed E-state index contributed by atoms with van der Waals surface area (Å²) in [5, 5.41) is 28.0. The molecule has 1 aliphatic rings. The minimum Gasteiger partial charge on any atom is -0.479 e. The molecule has 4 heterocycles. The number of aromatic nitrogens is 3. The van der Waals surface area contributed by atoms with Gasteiger partial charge in [0, 0.05) is 6.20 Å². The van der Waals surface area contributed by atoms with Gasteiger partial charge in [0.05, 0.1) is 16.3 Å². The number of hydrogen-bond donors (Lipinski definition) is 5. The molecule has 0 saturated carbocycles. The lowest BCUT2D eigenvalue weighted by atomic mass is 9.89. The van der Waals surface area contributed by atoms with Gasteiger partial charge in [-0.1, -0.05) is 71.9 Å². The van der Waals surface area contributed by atoms with E-state index in [9.17, 15) is 23.6 Å². The zero-order chi connectivity index (χ0) is 36.5. The fourth-order valence-corrected chi connectivity index (χ4v) is 4.13. The molecule has 1 unspecified atom stereocenters. The van der Waals surface area contributed by atoms with E-state index in [2.05, 4.69) is 30.0 Å². The predicted octanol–water partition coefficient (Wildman–Crippen LogP) is 5.15. The Morgan fingerprint density at radius 2 is 1.56 bits per heavy atom. The van der Waals surface area contributed by atoms with Crippen molar-refractivity contribution in [2.75, 3.05) is 18.9 Å². The molecular weight excluding hydrogens is 749 g/mol. The number of carbonyl (C=O) groups is 4. The van der Waals surface area contributed by atoms with E-state index in [1.54, 1.807) is 6.92 Å². The number of aliphatic imine (C=N–C) groups is 1. The van der Waals surface area contributed by atoms with Crippen LogP contribution in [0.4, 0.5) is 10.1 Å². The number of carboxylic acids is 3. The molecule has 0 fully saturated rings. The van der Waals surface area contributed by atoms with E-state index in [4.69, 9.17) is 83.8 Å². The number of pyridine rings is 3. The number of nitrogen functional groups attached to an aromatic ring is 1. The maximum absolute atomic E-state index is 12.9. The molecule has 48 heavy (non-hydrogen) atoms. The number of nitrogens with two attached hydrogens (primary N) is 1. The van der Waals surface area contributed by atoms with Gasteiger partial charge < -0.3 is 35.8 Å². The Hall–Kier alpha value is -4.22. The lowest BCUT2D eigenvalue weighted by Gasteiger charge is -2.21.